The van der Waals surface area contributed by atoms with E-state index in [0.717, 1.165) is 6.42 Å². The summed E-state index contributed by atoms with van der Waals surface area (Å²) < 4.78 is 27.8. The molecule has 1 heterocycles. The first-order valence-electron chi connectivity index (χ1n) is 5.73. The molecule has 1 aromatic heterocycles. The fraction of sp³-hybridized carbons (Fsp3) is 0.636. The van der Waals surface area contributed by atoms with Crippen LogP contribution in [0.3, 0.4) is 0 Å². The van der Waals surface area contributed by atoms with Crippen LogP contribution in [0.1, 0.15) is 26.2 Å². The highest BCUT2D eigenvalue weighted by molar-refractivity contribution is 9.10. The second-order valence-electron chi connectivity index (χ2n) is 4.58. The number of hydrogen-bond acceptors (Lipinski definition) is 3. The molecule has 96 valence electrons. The lowest BCUT2D eigenvalue weighted by Crippen LogP contribution is -2.30. The monoisotopic (exact) mass is 337 g/mol. The highest BCUT2D eigenvalue weighted by atomic mass is 79.9. The van der Waals surface area contributed by atoms with E-state index in [4.69, 9.17) is 0 Å². The Morgan fingerprint density at radius 1 is 1.53 bits per heavy atom. The molecule has 1 saturated carbocycles. The topological polar surface area (TPSA) is 46.2 Å². The zero-order valence-corrected chi connectivity index (χ0v) is 12.9. The van der Waals surface area contributed by atoms with E-state index in [2.05, 4.69) is 27.6 Å². The molecule has 6 heteroatoms. The van der Waals surface area contributed by atoms with Crippen molar-refractivity contribution in [3.8, 4) is 0 Å². The summed E-state index contributed by atoms with van der Waals surface area (Å²) >= 11 is 4.50. The van der Waals surface area contributed by atoms with Crippen molar-refractivity contribution in [3.05, 3.63) is 15.9 Å². The second-order valence-corrected chi connectivity index (χ2v) is 8.31. The molecule has 1 aliphatic carbocycles. The Labute approximate surface area is 115 Å². The number of hydrogen-bond donors (Lipinski definition) is 1. The summed E-state index contributed by atoms with van der Waals surface area (Å²) in [4.78, 5) is 0. The fourth-order valence-electron chi connectivity index (χ4n) is 2.28. The van der Waals surface area contributed by atoms with Gasteiger partial charge in [0.15, 0.2) is 0 Å². The zero-order chi connectivity index (χ0) is 12.5. The van der Waals surface area contributed by atoms with Crippen LogP contribution in [0.2, 0.25) is 0 Å². The Hall–Kier alpha value is 0.0900. The van der Waals surface area contributed by atoms with E-state index in [-0.39, 0.29) is 0 Å². The number of halogens is 1. The summed E-state index contributed by atoms with van der Waals surface area (Å²) in [7, 11) is -3.34. The van der Waals surface area contributed by atoms with Gasteiger partial charge in [-0.3, -0.25) is 0 Å². The van der Waals surface area contributed by atoms with Crippen molar-refractivity contribution in [3.63, 3.8) is 0 Å². The summed E-state index contributed by atoms with van der Waals surface area (Å²) in [5.74, 6) is 1.12. The van der Waals surface area contributed by atoms with Gasteiger partial charge in [-0.05, 0) is 45.6 Å². The first-order chi connectivity index (χ1) is 8.00. The smallest absolute Gasteiger partial charge is 0.210 e. The average molecular weight is 338 g/mol. The molecule has 1 N–H and O–H groups in total. The van der Waals surface area contributed by atoms with Gasteiger partial charge < -0.3 is 0 Å². The zero-order valence-electron chi connectivity index (χ0n) is 9.65. The van der Waals surface area contributed by atoms with Crippen LogP contribution in [0.15, 0.2) is 20.1 Å². The van der Waals surface area contributed by atoms with Crippen molar-refractivity contribution in [1.29, 1.82) is 0 Å². The molecule has 0 amide bonds. The molecule has 0 spiro atoms. The molecule has 0 aromatic carbocycles. The molecule has 1 aromatic rings. The van der Waals surface area contributed by atoms with Gasteiger partial charge in [-0.25, -0.2) is 13.1 Å². The van der Waals surface area contributed by atoms with Gasteiger partial charge in [0.1, 0.15) is 4.21 Å². The molecule has 2 unspecified atom stereocenters. The van der Waals surface area contributed by atoms with Gasteiger partial charge in [-0.1, -0.05) is 19.8 Å². The van der Waals surface area contributed by atoms with E-state index in [0.29, 0.717) is 27.1 Å². The fourth-order valence-corrected chi connectivity index (χ4v) is 5.75. The standard InChI is InChI=1S/C11H16BrNO2S2/c1-8-3-2-4-9(8)7-13-17(14,15)11-10(12)5-6-16-11/h5-6,8-9,13H,2-4,7H2,1H3. The molecule has 17 heavy (non-hydrogen) atoms. The molecule has 2 rings (SSSR count). The number of thiophene rings is 1. The number of nitrogens with one attached hydrogen (secondary N) is 1. The second kappa shape index (κ2) is 5.38. The van der Waals surface area contributed by atoms with Gasteiger partial charge in [0.2, 0.25) is 0 Å². The van der Waals surface area contributed by atoms with Crippen LogP contribution in [0.25, 0.3) is 0 Å². The Kier molecular flexibility index (Phi) is 4.28. The molecule has 1 fully saturated rings. The maximum absolute atomic E-state index is 12.0. The van der Waals surface area contributed by atoms with E-state index >= 15 is 0 Å². The number of sulfonamides is 1. The predicted octanol–water partition coefficient (Wildman–Crippen LogP) is 3.23. The van der Waals surface area contributed by atoms with Crippen LogP contribution >= 0.6 is 27.3 Å². The molecule has 0 aliphatic heterocycles. The van der Waals surface area contributed by atoms with E-state index in [1.807, 2.05) is 0 Å². The molecule has 1 aliphatic rings. The van der Waals surface area contributed by atoms with E-state index in [1.54, 1.807) is 11.4 Å². The molecule has 0 saturated heterocycles. The Morgan fingerprint density at radius 3 is 2.82 bits per heavy atom. The van der Waals surface area contributed by atoms with Gasteiger partial charge in [0.25, 0.3) is 10.0 Å². The number of rotatable bonds is 4. The van der Waals surface area contributed by atoms with E-state index in [1.165, 1.54) is 24.2 Å². The predicted molar refractivity (Wildman–Crippen MR) is 73.7 cm³/mol. The highest BCUT2D eigenvalue weighted by Gasteiger charge is 2.26. The molecule has 3 nitrogen and oxygen atoms in total. The highest BCUT2D eigenvalue weighted by Crippen LogP contribution is 2.32. The van der Waals surface area contributed by atoms with Crippen molar-refractivity contribution < 1.29 is 8.42 Å². The van der Waals surface area contributed by atoms with Crippen molar-refractivity contribution in [2.45, 2.75) is 30.4 Å². The molecule has 2 atom stereocenters. The normalized spacial score (nSPS) is 25.3. The third-order valence-electron chi connectivity index (χ3n) is 3.40. The lowest BCUT2D eigenvalue weighted by atomic mass is 9.99. The van der Waals surface area contributed by atoms with Crippen LogP contribution in [0, 0.1) is 11.8 Å². The van der Waals surface area contributed by atoms with E-state index < -0.39 is 10.0 Å². The minimum atomic E-state index is -3.34. The van der Waals surface area contributed by atoms with Gasteiger partial charge >= 0.3 is 0 Å². The third-order valence-corrected chi connectivity index (χ3v) is 7.50. The average Bonchev–Trinajstić information content (AvgIpc) is 2.85. The molecule has 0 radical (unpaired) electrons. The maximum Gasteiger partial charge on any atom is 0.251 e. The van der Waals surface area contributed by atoms with Gasteiger partial charge in [0.05, 0.1) is 0 Å². The van der Waals surface area contributed by atoms with Crippen molar-refractivity contribution in [2.75, 3.05) is 6.54 Å². The summed E-state index contributed by atoms with van der Waals surface area (Å²) in [5, 5.41) is 1.77. The summed E-state index contributed by atoms with van der Waals surface area (Å²) in [6.45, 7) is 2.76. The van der Waals surface area contributed by atoms with Crippen LogP contribution in [-0.4, -0.2) is 15.0 Å². The van der Waals surface area contributed by atoms with Crippen LogP contribution in [-0.2, 0) is 10.0 Å². The Balaban J connectivity index is 2.01. The van der Waals surface area contributed by atoms with Gasteiger partial charge in [0, 0.05) is 11.0 Å². The minimum absolute atomic E-state index is 0.378. The van der Waals surface area contributed by atoms with Gasteiger partial charge in [-0.2, -0.15) is 0 Å². The summed E-state index contributed by atoms with van der Waals surface area (Å²) in [6, 6.07) is 1.76. The van der Waals surface area contributed by atoms with Gasteiger partial charge in [-0.15, -0.1) is 11.3 Å². The largest absolute Gasteiger partial charge is 0.251 e. The van der Waals surface area contributed by atoms with Crippen molar-refractivity contribution in [2.24, 2.45) is 11.8 Å². The SMILES string of the molecule is CC1CCCC1CNS(=O)(=O)c1sccc1Br. The first-order valence-corrected chi connectivity index (χ1v) is 8.89. The van der Waals surface area contributed by atoms with Crippen LogP contribution < -0.4 is 4.72 Å². The van der Waals surface area contributed by atoms with Crippen molar-refractivity contribution in [1.82, 2.24) is 4.72 Å². The summed E-state index contributed by atoms with van der Waals surface area (Å²) in [6.07, 6.45) is 3.57. The lowest BCUT2D eigenvalue weighted by molar-refractivity contribution is 0.414. The molecular formula is C11H16BrNO2S2. The van der Waals surface area contributed by atoms with Crippen LogP contribution in [0.4, 0.5) is 0 Å². The first kappa shape index (κ1) is 13.5. The summed E-state index contributed by atoms with van der Waals surface area (Å²) in [5.41, 5.74) is 0. The lowest BCUT2D eigenvalue weighted by Gasteiger charge is -2.15. The van der Waals surface area contributed by atoms with Crippen LogP contribution in [0.5, 0.6) is 0 Å². The molecular weight excluding hydrogens is 322 g/mol. The van der Waals surface area contributed by atoms with E-state index in [9.17, 15) is 8.42 Å². The molecule has 0 bridgehead atoms. The third kappa shape index (κ3) is 3.10. The Morgan fingerprint density at radius 2 is 2.29 bits per heavy atom. The quantitative estimate of drug-likeness (QED) is 0.916. The Bertz CT molecular complexity index is 483. The minimum Gasteiger partial charge on any atom is -0.210 e. The van der Waals surface area contributed by atoms with Crippen molar-refractivity contribution >= 4 is 37.3 Å². The maximum atomic E-state index is 12.0.